The van der Waals surface area contributed by atoms with Gasteiger partial charge in [0.15, 0.2) is 0 Å². The first-order valence-electron chi connectivity index (χ1n) is 9.70. The van der Waals surface area contributed by atoms with Crippen LogP contribution in [0.4, 0.5) is 0 Å². The van der Waals surface area contributed by atoms with Crippen LogP contribution in [0.15, 0.2) is 59.9 Å². The molecule has 0 saturated carbocycles. The Morgan fingerprint density at radius 2 is 2.07 bits per heavy atom. The summed E-state index contributed by atoms with van der Waals surface area (Å²) < 4.78 is 5.26. The van der Waals surface area contributed by atoms with Crippen molar-refractivity contribution in [3.63, 3.8) is 0 Å². The number of carbonyl (C=O) groups is 1. The highest BCUT2D eigenvalue weighted by molar-refractivity contribution is 6.03. The minimum Gasteiger partial charge on any atom is -0.497 e. The largest absolute Gasteiger partial charge is 0.497 e. The van der Waals surface area contributed by atoms with Crippen LogP contribution in [-0.2, 0) is 6.54 Å². The van der Waals surface area contributed by atoms with Crippen molar-refractivity contribution in [2.75, 3.05) is 13.7 Å². The van der Waals surface area contributed by atoms with E-state index < -0.39 is 0 Å². The Morgan fingerprint density at radius 1 is 1.20 bits per heavy atom. The zero-order valence-electron chi connectivity index (χ0n) is 16.9. The number of methoxy groups -OCH3 is 1. The van der Waals surface area contributed by atoms with Gasteiger partial charge < -0.3 is 15.8 Å². The Kier molecular flexibility index (Phi) is 5.54. The molecule has 2 aromatic carbocycles. The predicted octanol–water partition coefficient (Wildman–Crippen LogP) is 2.90. The van der Waals surface area contributed by atoms with Crippen molar-refractivity contribution in [2.45, 2.75) is 19.5 Å². The first-order chi connectivity index (χ1) is 14.6. The number of rotatable bonds is 6. The molecule has 0 radical (unpaired) electrons. The molecule has 7 heteroatoms. The summed E-state index contributed by atoms with van der Waals surface area (Å²) in [7, 11) is 1.60. The number of carbonyl (C=O) groups excluding carboxylic acids is 1. The van der Waals surface area contributed by atoms with Gasteiger partial charge in [-0.25, -0.2) is 9.97 Å². The molecule has 0 spiro atoms. The Bertz CT molecular complexity index is 1130. The number of nitrogens with two attached hydrogens (primary N) is 1. The molecule has 1 atom stereocenters. The molecule has 4 rings (SSSR count). The van der Waals surface area contributed by atoms with Gasteiger partial charge in [0.05, 0.1) is 25.4 Å². The minimum atomic E-state index is -0.357. The van der Waals surface area contributed by atoms with E-state index in [1.807, 2.05) is 37.3 Å². The number of benzene rings is 2. The van der Waals surface area contributed by atoms with Gasteiger partial charge in [-0.05, 0) is 42.3 Å². The fourth-order valence-electron chi connectivity index (χ4n) is 3.51. The molecule has 0 bridgehead atoms. The highest BCUT2D eigenvalue weighted by atomic mass is 16.5. The third kappa shape index (κ3) is 3.92. The maximum Gasteiger partial charge on any atom is 0.270 e. The van der Waals surface area contributed by atoms with E-state index >= 15 is 0 Å². The van der Waals surface area contributed by atoms with Gasteiger partial charge in [-0.3, -0.25) is 9.79 Å². The number of ether oxygens (including phenoxy) is 1. The van der Waals surface area contributed by atoms with Crippen molar-refractivity contribution in [3.8, 4) is 17.0 Å². The molecule has 0 saturated heterocycles. The van der Waals surface area contributed by atoms with Crippen LogP contribution in [0, 0.1) is 0 Å². The molecule has 1 aliphatic rings. The Hall–Kier alpha value is -3.58. The van der Waals surface area contributed by atoms with Crippen LogP contribution in [-0.4, -0.2) is 35.2 Å². The second kappa shape index (κ2) is 8.42. The third-order valence-corrected chi connectivity index (χ3v) is 5.22. The highest BCUT2D eigenvalue weighted by Crippen LogP contribution is 2.26. The molecule has 7 nitrogen and oxygen atoms in total. The van der Waals surface area contributed by atoms with Crippen LogP contribution >= 0.6 is 0 Å². The van der Waals surface area contributed by atoms with E-state index in [0.717, 1.165) is 22.4 Å². The van der Waals surface area contributed by atoms with E-state index in [2.05, 4.69) is 32.4 Å². The molecule has 1 amide bonds. The average molecular weight is 401 g/mol. The van der Waals surface area contributed by atoms with Gasteiger partial charge in [-0.1, -0.05) is 24.3 Å². The summed E-state index contributed by atoms with van der Waals surface area (Å²) in [5, 5.41) is 2.95. The number of aliphatic imine (C=N–C) groups is 1. The van der Waals surface area contributed by atoms with Gasteiger partial charge in [-0.2, -0.15) is 0 Å². The zero-order chi connectivity index (χ0) is 21.1. The van der Waals surface area contributed by atoms with Crippen LogP contribution in [0.25, 0.3) is 11.3 Å². The quantitative estimate of drug-likeness (QED) is 0.661. The van der Waals surface area contributed by atoms with Gasteiger partial charge in [-0.15, -0.1) is 0 Å². The van der Waals surface area contributed by atoms with Crippen LogP contribution in [0.2, 0.25) is 0 Å². The summed E-state index contributed by atoms with van der Waals surface area (Å²) in [5.74, 6) is 0.399. The molecule has 30 heavy (non-hydrogen) atoms. The summed E-state index contributed by atoms with van der Waals surface area (Å²) in [6, 6.07) is 14.9. The Morgan fingerprint density at radius 3 is 2.87 bits per heavy atom. The van der Waals surface area contributed by atoms with Crippen molar-refractivity contribution in [1.82, 2.24) is 15.3 Å². The van der Waals surface area contributed by atoms with E-state index in [1.54, 1.807) is 13.2 Å². The Labute approximate surface area is 175 Å². The van der Waals surface area contributed by atoms with Gasteiger partial charge in [0.2, 0.25) is 0 Å². The molecular weight excluding hydrogens is 378 g/mol. The van der Waals surface area contributed by atoms with Gasteiger partial charge in [0, 0.05) is 23.4 Å². The van der Waals surface area contributed by atoms with Crippen LogP contribution in [0.5, 0.6) is 5.75 Å². The molecule has 1 aliphatic heterocycles. The summed E-state index contributed by atoms with van der Waals surface area (Å²) in [4.78, 5) is 25.8. The number of amides is 1. The van der Waals surface area contributed by atoms with Crippen molar-refractivity contribution in [2.24, 2.45) is 10.7 Å². The van der Waals surface area contributed by atoms with Crippen molar-refractivity contribution < 1.29 is 9.53 Å². The lowest BCUT2D eigenvalue weighted by Crippen LogP contribution is -2.33. The number of hydrogen-bond acceptors (Lipinski definition) is 6. The molecule has 2 heterocycles. The van der Waals surface area contributed by atoms with Crippen LogP contribution < -0.4 is 15.8 Å². The van der Waals surface area contributed by atoms with E-state index in [4.69, 9.17) is 10.5 Å². The van der Waals surface area contributed by atoms with E-state index in [9.17, 15) is 4.79 Å². The topological polar surface area (TPSA) is 102 Å². The lowest BCUT2D eigenvalue weighted by atomic mass is 10.0. The lowest BCUT2D eigenvalue weighted by molar-refractivity contribution is 0.0932. The van der Waals surface area contributed by atoms with Gasteiger partial charge >= 0.3 is 0 Å². The summed E-state index contributed by atoms with van der Waals surface area (Å²) >= 11 is 0. The summed E-state index contributed by atoms with van der Waals surface area (Å²) in [6.07, 6.45) is 1.40. The number of fused-ring (bicyclic) bond motifs is 1. The number of hydrogen-bond donors (Lipinski definition) is 2. The fourth-order valence-corrected chi connectivity index (χ4v) is 3.51. The number of nitrogens with one attached hydrogen (secondary N) is 1. The number of nitrogens with zero attached hydrogens (tertiary/aromatic N) is 3. The van der Waals surface area contributed by atoms with Gasteiger partial charge in [0.25, 0.3) is 5.91 Å². The standard InChI is InChI=1S/C23H23N5O2/c1-14-19-9-16(6-7-17(19)12-25-14)20-10-21(27-13-26-20)23(29)28-22(11-24)15-4-3-5-18(8-15)30-2/h3-10,13,22H,11-12,24H2,1-2H3,(H,28,29). The summed E-state index contributed by atoms with van der Waals surface area (Å²) in [5.41, 5.74) is 12.0. The molecular formula is C23H23N5O2. The molecule has 0 aliphatic carbocycles. The van der Waals surface area contributed by atoms with Crippen LogP contribution in [0.3, 0.4) is 0 Å². The Balaban J connectivity index is 1.57. The molecule has 152 valence electrons. The zero-order valence-corrected chi connectivity index (χ0v) is 16.9. The average Bonchev–Trinajstić information content (AvgIpc) is 3.17. The monoisotopic (exact) mass is 401 g/mol. The first kappa shape index (κ1) is 19.7. The summed E-state index contributed by atoms with van der Waals surface area (Å²) in [6.45, 7) is 2.96. The fraction of sp³-hybridized carbons (Fsp3) is 0.217. The van der Waals surface area contributed by atoms with Crippen molar-refractivity contribution in [1.29, 1.82) is 0 Å². The van der Waals surface area contributed by atoms with Gasteiger partial charge in [0.1, 0.15) is 17.8 Å². The van der Waals surface area contributed by atoms with E-state index in [0.29, 0.717) is 18.0 Å². The number of aromatic nitrogens is 2. The van der Waals surface area contributed by atoms with E-state index in [-0.39, 0.29) is 24.2 Å². The second-order valence-corrected chi connectivity index (χ2v) is 7.10. The normalized spacial score (nSPS) is 13.4. The lowest BCUT2D eigenvalue weighted by Gasteiger charge is -2.18. The van der Waals surface area contributed by atoms with E-state index in [1.165, 1.54) is 11.9 Å². The van der Waals surface area contributed by atoms with Crippen LogP contribution in [0.1, 0.15) is 40.1 Å². The van der Waals surface area contributed by atoms with Crippen molar-refractivity contribution in [3.05, 3.63) is 77.2 Å². The maximum absolute atomic E-state index is 12.9. The molecule has 1 aromatic heterocycles. The molecule has 3 N–H and O–H groups in total. The first-order valence-corrected chi connectivity index (χ1v) is 9.70. The molecule has 3 aromatic rings. The minimum absolute atomic E-state index is 0.250. The molecule has 0 fully saturated rings. The third-order valence-electron chi connectivity index (χ3n) is 5.22. The SMILES string of the molecule is COc1cccc(C(CN)NC(=O)c2cc(-c3ccc4c(c3)C(C)=NC4)ncn2)c1. The second-order valence-electron chi connectivity index (χ2n) is 7.10. The highest BCUT2D eigenvalue weighted by Gasteiger charge is 2.18. The molecule has 1 unspecified atom stereocenters. The predicted molar refractivity (Wildman–Crippen MR) is 116 cm³/mol. The maximum atomic E-state index is 12.9. The smallest absolute Gasteiger partial charge is 0.270 e. The van der Waals surface area contributed by atoms with Crippen molar-refractivity contribution >= 4 is 11.6 Å².